The number of rotatable bonds is 9. The van der Waals surface area contributed by atoms with Crippen LogP contribution in [0.25, 0.3) is 0 Å². The third-order valence-electron chi connectivity index (χ3n) is 3.64. The molecule has 0 aliphatic rings. The van der Waals surface area contributed by atoms with Gasteiger partial charge in [-0.15, -0.1) is 0 Å². The molecule has 0 aliphatic carbocycles. The van der Waals surface area contributed by atoms with E-state index in [2.05, 4.69) is 24.4 Å². The van der Waals surface area contributed by atoms with Crippen LogP contribution in [0.15, 0.2) is 24.3 Å². The Morgan fingerprint density at radius 3 is 2.43 bits per heavy atom. The fraction of sp³-hybridized carbons (Fsp3) is 0.588. The molecule has 0 aromatic heterocycles. The van der Waals surface area contributed by atoms with Gasteiger partial charge in [0.2, 0.25) is 5.91 Å². The van der Waals surface area contributed by atoms with E-state index >= 15 is 0 Å². The van der Waals surface area contributed by atoms with Crippen LogP contribution in [0.5, 0.6) is 0 Å². The summed E-state index contributed by atoms with van der Waals surface area (Å²) in [5.74, 6) is 0.0105. The van der Waals surface area contributed by atoms with Gasteiger partial charge in [0, 0.05) is 11.3 Å². The second kappa shape index (κ2) is 9.85. The zero-order valence-corrected chi connectivity index (χ0v) is 14.1. The smallest absolute Gasteiger partial charge is 0.224 e. The van der Waals surface area contributed by atoms with E-state index in [1.165, 1.54) is 18.4 Å². The standard InChI is InChI=1S/C17H27NO2S/c1-4-5-6-14-7-9-15(10-8-14)11-17(20)18-13(2)16(12-19)21-3/h7-10,13,16,19H,4-6,11-12H2,1-3H3,(H,18,20). The Labute approximate surface area is 132 Å². The highest BCUT2D eigenvalue weighted by molar-refractivity contribution is 7.99. The summed E-state index contributed by atoms with van der Waals surface area (Å²) < 4.78 is 0. The number of thioether (sulfide) groups is 1. The van der Waals surface area contributed by atoms with Crippen molar-refractivity contribution >= 4 is 17.7 Å². The molecule has 3 nitrogen and oxygen atoms in total. The molecule has 0 aliphatic heterocycles. The lowest BCUT2D eigenvalue weighted by atomic mass is 10.0. The van der Waals surface area contributed by atoms with Gasteiger partial charge in [-0.2, -0.15) is 11.8 Å². The van der Waals surface area contributed by atoms with Gasteiger partial charge in [0.15, 0.2) is 0 Å². The number of benzene rings is 1. The summed E-state index contributed by atoms with van der Waals surface area (Å²) in [6.45, 7) is 4.20. The van der Waals surface area contributed by atoms with Gasteiger partial charge in [-0.1, -0.05) is 37.6 Å². The number of aliphatic hydroxyl groups excluding tert-OH is 1. The van der Waals surface area contributed by atoms with Gasteiger partial charge >= 0.3 is 0 Å². The van der Waals surface area contributed by atoms with Crippen molar-refractivity contribution in [3.8, 4) is 0 Å². The maximum Gasteiger partial charge on any atom is 0.224 e. The molecule has 0 radical (unpaired) electrons. The van der Waals surface area contributed by atoms with Gasteiger partial charge in [0.25, 0.3) is 0 Å². The van der Waals surface area contributed by atoms with Crippen LogP contribution in [0.2, 0.25) is 0 Å². The maximum absolute atomic E-state index is 12.0. The van der Waals surface area contributed by atoms with Crippen molar-refractivity contribution in [2.24, 2.45) is 0 Å². The SMILES string of the molecule is CCCCc1ccc(CC(=O)NC(C)C(CO)SC)cc1. The highest BCUT2D eigenvalue weighted by Crippen LogP contribution is 2.11. The molecule has 0 heterocycles. The molecule has 118 valence electrons. The molecule has 2 unspecified atom stereocenters. The van der Waals surface area contributed by atoms with Crippen molar-refractivity contribution in [3.63, 3.8) is 0 Å². The number of carbonyl (C=O) groups excluding carboxylic acids is 1. The summed E-state index contributed by atoms with van der Waals surface area (Å²) in [4.78, 5) is 12.0. The van der Waals surface area contributed by atoms with Gasteiger partial charge in [-0.05, 0) is 37.1 Å². The second-order valence-corrected chi connectivity index (χ2v) is 6.49. The Bertz CT molecular complexity index is 415. The summed E-state index contributed by atoms with van der Waals surface area (Å²) in [5.41, 5.74) is 2.36. The van der Waals surface area contributed by atoms with E-state index in [-0.39, 0.29) is 23.8 Å². The molecule has 0 spiro atoms. The predicted molar refractivity (Wildman–Crippen MR) is 90.8 cm³/mol. The third-order valence-corrected chi connectivity index (χ3v) is 4.80. The van der Waals surface area contributed by atoms with Crippen molar-refractivity contribution in [2.75, 3.05) is 12.9 Å². The largest absolute Gasteiger partial charge is 0.395 e. The number of aliphatic hydroxyl groups is 1. The summed E-state index contributed by atoms with van der Waals surface area (Å²) >= 11 is 1.57. The second-order valence-electron chi connectivity index (χ2n) is 5.41. The number of unbranched alkanes of at least 4 members (excludes halogenated alkanes) is 1. The van der Waals surface area contributed by atoms with Gasteiger partial charge in [-0.3, -0.25) is 4.79 Å². The molecule has 1 aromatic rings. The van der Waals surface area contributed by atoms with E-state index in [0.29, 0.717) is 6.42 Å². The van der Waals surface area contributed by atoms with E-state index in [9.17, 15) is 9.90 Å². The van der Waals surface area contributed by atoms with Gasteiger partial charge in [0.1, 0.15) is 0 Å². The van der Waals surface area contributed by atoms with Gasteiger partial charge in [-0.25, -0.2) is 0 Å². The number of hydrogen-bond donors (Lipinski definition) is 2. The fourth-order valence-electron chi connectivity index (χ4n) is 2.22. The maximum atomic E-state index is 12.0. The van der Waals surface area contributed by atoms with Crippen LogP contribution in [0.1, 0.15) is 37.8 Å². The van der Waals surface area contributed by atoms with Gasteiger partial charge in [0.05, 0.1) is 13.0 Å². The minimum atomic E-state index is -0.0265. The minimum Gasteiger partial charge on any atom is -0.395 e. The molecule has 2 atom stereocenters. The lowest BCUT2D eigenvalue weighted by Gasteiger charge is -2.21. The molecule has 1 rings (SSSR count). The number of nitrogens with one attached hydrogen (secondary N) is 1. The zero-order valence-electron chi connectivity index (χ0n) is 13.3. The van der Waals surface area contributed by atoms with Crippen molar-refractivity contribution in [3.05, 3.63) is 35.4 Å². The summed E-state index contributed by atoms with van der Waals surface area (Å²) in [6.07, 6.45) is 5.84. The Morgan fingerprint density at radius 1 is 1.29 bits per heavy atom. The topological polar surface area (TPSA) is 49.3 Å². The molecule has 21 heavy (non-hydrogen) atoms. The lowest BCUT2D eigenvalue weighted by Crippen LogP contribution is -2.41. The first kappa shape index (κ1) is 18.1. The normalized spacial score (nSPS) is 13.7. The minimum absolute atomic E-state index is 0.0105. The predicted octanol–water partition coefficient (Wildman–Crippen LogP) is 2.80. The summed E-state index contributed by atoms with van der Waals surface area (Å²) in [5, 5.41) is 12.2. The number of aryl methyl sites for hydroxylation is 1. The average Bonchev–Trinajstić information content (AvgIpc) is 2.47. The Balaban J connectivity index is 2.47. The fourth-order valence-corrected chi connectivity index (χ4v) is 2.85. The highest BCUT2D eigenvalue weighted by Gasteiger charge is 2.17. The van der Waals surface area contributed by atoms with E-state index in [1.54, 1.807) is 11.8 Å². The quantitative estimate of drug-likeness (QED) is 0.737. The molecule has 0 saturated heterocycles. The van der Waals surface area contributed by atoms with E-state index < -0.39 is 0 Å². The van der Waals surface area contributed by atoms with Crippen LogP contribution in [0.4, 0.5) is 0 Å². The van der Waals surface area contributed by atoms with Crippen molar-refractivity contribution < 1.29 is 9.90 Å². The average molecular weight is 309 g/mol. The molecule has 0 fully saturated rings. The van der Waals surface area contributed by atoms with E-state index in [1.807, 2.05) is 25.3 Å². The molecular formula is C17H27NO2S. The summed E-state index contributed by atoms with van der Waals surface area (Å²) in [6, 6.07) is 8.27. The van der Waals surface area contributed by atoms with Crippen LogP contribution in [-0.2, 0) is 17.6 Å². The zero-order chi connectivity index (χ0) is 15.7. The molecule has 2 N–H and O–H groups in total. The van der Waals surface area contributed by atoms with Crippen molar-refractivity contribution in [2.45, 2.75) is 50.8 Å². The molecule has 1 amide bonds. The van der Waals surface area contributed by atoms with Crippen LogP contribution < -0.4 is 5.32 Å². The van der Waals surface area contributed by atoms with Crippen LogP contribution in [0, 0.1) is 0 Å². The number of carbonyl (C=O) groups is 1. The van der Waals surface area contributed by atoms with Gasteiger partial charge < -0.3 is 10.4 Å². The first-order chi connectivity index (χ1) is 10.1. The molecule has 1 aromatic carbocycles. The van der Waals surface area contributed by atoms with E-state index in [0.717, 1.165) is 12.0 Å². The Kier molecular flexibility index (Phi) is 8.47. The molecule has 0 bridgehead atoms. The molecular weight excluding hydrogens is 282 g/mol. The van der Waals surface area contributed by atoms with Crippen molar-refractivity contribution in [1.29, 1.82) is 0 Å². The van der Waals surface area contributed by atoms with Crippen LogP contribution in [-0.4, -0.2) is 35.2 Å². The first-order valence-corrected chi connectivity index (χ1v) is 8.90. The van der Waals surface area contributed by atoms with Crippen LogP contribution >= 0.6 is 11.8 Å². The molecule has 0 saturated carbocycles. The molecule has 4 heteroatoms. The monoisotopic (exact) mass is 309 g/mol. The highest BCUT2D eigenvalue weighted by atomic mass is 32.2. The third kappa shape index (κ3) is 6.53. The number of hydrogen-bond acceptors (Lipinski definition) is 3. The number of amides is 1. The summed E-state index contributed by atoms with van der Waals surface area (Å²) in [7, 11) is 0. The van der Waals surface area contributed by atoms with Crippen molar-refractivity contribution in [1.82, 2.24) is 5.32 Å². The Hall–Kier alpha value is -1.00. The first-order valence-electron chi connectivity index (χ1n) is 7.61. The van der Waals surface area contributed by atoms with Crippen LogP contribution in [0.3, 0.4) is 0 Å². The Morgan fingerprint density at radius 2 is 1.90 bits per heavy atom. The van der Waals surface area contributed by atoms with E-state index in [4.69, 9.17) is 0 Å². The lowest BCUT2D eigenvalue weighted by molar-refractivity contribution is -0.121.